The second kappa shape index (κ2) is 8.41. The van der Waals surface area contributed by atoms with E-state index in [4.69, 9.17) is 15.6 Å². The monoisotopic (exact) mass is 192 g/mol. The second-order valence-corrected chi connectivity index (χ2v) is 7.00. The quantitative estimate of drug-likeness (QED) is 0.493. The third-order valence-corrected chi connectivity index (χ3v) is 6.56. The lowest BCUT2D eigenvalue weighted by atomic mass is 10.5. The fourth-order valence-corrected chi connectivity index (χ4v) is 4.63. The minimum atomic E-state index is -0.847. The van der Waals surface area contributed by atoms with Crippen molar-refractivity contribution >= 4 is 19.5 Å². The summed E-state index contributed by atoms with van der Waals surface area (Å²) in [4.78, 5) is 0. The van der Waals surface area contributed by atoms with Crippen LogP contribution in [-0.2, 0) is 4.12 Å². The van der Waals surface area contributed by atoms with Gasteiger partial charge in [0.2, 0.25) is 0 Å². The van der Waals surface area contributed by atoms with E-state index in [-0.39, 0.29) is 0 Å². The number of rotatable bonds is 7. The molecule has 0 aliphatic carbocycles. The summed E-state index contributed by atoms with van der Waals surface area (Å²) in [7, 11) is 0.0393. The molecule has 0 heterocycles. The SMILES string of the molecule is NCCC[SiH](CCCN)O[SiH3]. The molecular formula is C6H20N2OSi2. The molecule has 0 fully saturated rings. The number of hydrogen-bond acceptors (Lipinski definition) is 3. The van der Waals surface area contributed by atoms with Crippen molar-refractivity contribution in [1.29, 1.82) is 0 Å². The standard InChI is InChI=1S/C6H20N2OSi2/c7-3-1-5-11(9-10)6-2-4-8/h11H,1-8H2,10H3. The summed E-state index contributed by atoms with van der Waals surface area (Å²) in [6.07, 6.45) is 2.26. The molecule has 0 saturated heterocycles. The zero-order valence-corrected chi connectivity index (χ0v) is 10.5. The van der Waals surface area contributed by atoms with Crippen molar-refractivity contribution < 1.29 is 4.12 Å². The Balaban J connectivity index is 3.25. The van der Waals surface area contributed by atoms with E-state index >= 15 is 0 Å². The maximum absolute atomic E-state index is 5.52. The largest absolute Gasteiger partial charge is 0.465 e. The van der Waals surface area contributed by atoms with Gasteiger partial charge >= 0.3 is 0 Å². The first-order valence-corrected chi connectivity index (χ1v) is 7.20. The molecule has 0 amide bonds. The van der Waals surface area contributed by atoms with E-state index in [0.717, 1.165) is 36.4 Å². The van der Waals surface area contributed by atoms with Gasteiger partial charge < -0.3 is 15.6 Å². The predicted molar refractivity (Wildman–Crippen MR) is 55.1 cm³/mol. The Morgan fingerprint density at radius 1 is 1.09 bits per heavy atom. The number of hydrogen-bond donors (Lipinski definition) is 2. The van der Waals surface area contributed by atoms with Crippen molar-refractivity contribution in [3.63, 3.8) is 0 Å². The maximum atomic E-state index is 5.52. The van der Waals surface area contributed by atoms with Crippen molar-refractivity contribution in [3.8, 4) is 0 Å². The van der Waals surface area contributed by atoms with Crippen LogP contribution in [0.15, 0.2) is 0 Å². The van der Waals surface area contributed by atoms with Gasteiger partial charge in [-0.1, -0.05) is 0 Å². The minimum absolute atomic E-state index is 0.803. The van der Waals surface area contributed by atoms with Gasteiger partial charge in [-0.3, -0.25) is 0 Å². The normalized spacial score (nSPS) is 11.2. The van der Waals surface area contributed by atoms with Crippen LogP contribution in [0.1, 0.15) is 12.8 Å². The summed E-state index contributed by atoms with van der Waals surface area (Å²) in [6, 6.07) is 2.47. The molecule has 0 bridgehead atoms. The van der Waals surface area contributed by atoms with Gasteiger partial charge in [0.25, 0.3) is 0 Å². The molecule has 0 unspecified atom stereocenters. The molecule has 68 valence electrons. The van der Waals surface area contributed by atoms with Gasteiger partial charge in [0.1, 0.15) is 10.5 Å². The van der Waals surface area contributed by atoms with Crippen LogP contribution in [0.5, 0.6) is 0 Å². The molecule has 0 radical (unpaired) electrons. The zero-order chi connectivity index (χ0) is 8.53. The molecule has 0 aromatic carbocycles. The summed E-state index contributed by atoms with van der Waals surface area (Å²) < 4.78 is 5.52. The minimum Gasteiger partial charge on any atom is -0.465 e. The van der Waals surface area contributed by atoms with Crippen molar-refractivity contribution in [2.45, 2.75) is 24.9 Å². The molecule has 0 saturated carbocycles. The molecule has 0 aliphatic rings. The van der Waals surface area contributed by atoms with Gasteiger partial charge in [-0.05, 0) is 38.0 Å². The predicted octanol–water partition coefficient (Wildman–Crippen LogP) is -1.30. The van der Waals surface area contributed by atoms with Gasteiger partial charge in [0.05, 0.1) is 0 Å². The van der Waals surface area contributed by atoms with E-state index in [1.165, 1.54) is 12.1 Å². The number of nitrogens with two attached hydrogens (primary N) is 2. The van der Waals surface area contributed by atoms with E-state index in [0.29, 0.717) is 0 Å². The van der Waals surface area contributed by atoms with Gasteiger partial charge in [0, 0.05) is 0 Å². The van der Waals surface area contributed by atoms with E-state index in [1.54, 1.807) is 0 Å². The molecule has 11 heavy (non-hydrogen) atoms. The maximum Gasteiger partial charge on any atom is 0.162 e. The Labute approximate surface area is 73.8 Å². The zero-order valence-electron chi connectivity index (χ0n) is 7.38. The van der Waals surface area contributed by atoms with E-state index in [2.05, 4.69) is 0 Å². The van der Waals surface area contributed by atoms with Crippen molar-refractivity contribution in [2.75, 3.05) is 13.1 Å². The molecule has 0 atom stereocenters. The smallest absolute Gasteiger partial charge is 0.162 e. The van der Waals surface area contributed by atoms with Crippen molar-refractivity contribution in [3.05, 3.63) is 0 Å². The Hall–Kier alpha value is 0.314. The summed E-state index contributed by atoms with van der Waals surface area (Å²) in [5.41, 5.74) is 10.8. The Morgan fingerprint density at radius 2 is 1.55 bits per heavy atom. The van der Waals surface area contributed by atoms with E-state index in [9.17, 15) is 0 Å². The van der Waals surface area contributed by atoms with Crippen LogP contribution < -0.4 is 11.5 Å². The Morgan fingerprint density at radius 3 is 1.82 bits per heavy atom. The summed E-state index contributed by atoms with van der Waals surface area (Å²) in [5.74, 6) is 0. The van der Waals surface area contributed by atoms with Crippen LogP contribution in [0.25, 0.3) is 0 Å². The average Bonchev–Trinajstić information content (AvgIpc) is 2.05. The lowest BCUT2D eigenvalue weighted by Gasteiger charge is -2.12. The molecule has 0 aromatic heterocycles. The first-order valence-electron chi connectivity index (χ1n) is 4.28. The molecule has 5 heteroatoms. The van der Waals surface area contributed by atoms with E-state index in [1.807, 2.05) is 0 Å². The van der Waals surface area contributed by atoms with Gasteiger partial charge in [-0.15, -0.1) is 0 Å². The highest BCUT2D eigenvalue weighted by Crippen LogP contribution is 2.04. The molecule has 3 nitrogen and oxygen atoms in total. The molecule has 0 aromatic rings. The van der Waals surface area contributed by atoms with Crippen molar-refractivity contribution in [1.82, 2.24) is 0 Å². The van der Waals surface area contributed by atoms with Gasteiger partial charge in [-0.2, -0.15) is 0 Å². The molecule has 0 spiro atoms. The second-order valence-electron chi connectivity index (χ2n) is 2.72. The first kappa shape index (κ1) is 11.3. The molecule has 0 rings (SSSR count). The molecular weight excluding hydrogens is 172 g/mol. The van der Waals surface area contributed by atoms with Crippen LogP contribution in [0.2, 0.25) is 12.1 Å². The highest BCUT2D eigenvalue weighted by molar-refractivity contribution is 6.55. The topological polar surface area (TPSA) is 61.3 Å². The summed E-state index contributed by atoms with van der Waals surface area (Å²) in [5, 5.41) is 0. The van der Waals surface area contributed by atoms with E-state index < -0.39 is 9.04 Å². The van der Waals surface area contributed by atoms with Crippen LogP contribution in [0.4, 0.5) is 0 Å². The van der Waals surface area contributed by atoms with Gasteiger partial charge in [0.15, 0.2) is 9.04 Å². The fourth-order valence-electron chi connectivity index (χ4n) is 1.07. The van der Waals surface area contributed by atoms with Gasteiger partial charge in [-0.25, -0.2) is 0 Å². The third-order valence-electron chi connectivity index (χ3n) is 1.79. The summed E-state index contributed by atoms with van der Waals surface area (Å²) in [6.45, 7) is 1.61. The highest BCUT2D eigenvalue weighted by Gasteiger charge is 2.07. The third kappa shape index (κ3) is 6.70. The Kier molecular flexibility index (Phi) is 8.65. The fraction of sp³-hybridized carbons (Fsp3) is 1.00. The van der Waals surface area contributed by atoms with Crippen LogP contribution >= 0.6 is 0 Å². The summed E-state index contributed by atoms with van der Waals surface area (Å²) >= 11 is 0. The molecule has 4 N–H and O–H groups in total. The average molecular weight is 192 g/mol. The first-order chi connectivity index (χ1) is 5.35. The molecule has 0 aliphatic heterocycles. The lowest BCUT2D eigenvalue weighted by Crippen LogP contribution is -2.19. The highest BCUT2D eigenvalue weighted by atomic mass is 28.3. The lowest BCUT2D eigenvalue weighted by molar-refractivity contribution is 0.611. The van der Waals surface area contributed by atoms with Crippen LogP contribution in [-0.4, -0.2) is 32.6 Å². The Bertz CT molecular complexity index is 77.0. The van der Waals surface area contributed by atoms with Crippen LogP contribution in [0, 0.1) is 0 Å². The van der Waals surface area contributed by atoms with Crippen molar-refractivity contribution in [2.24, 2.45) is 11.5 Å². The van der Waals surface area contributed by atoms with Crippen LogP contribution in [0.3, 0.4) is 0 Å².